The van der Waals surface area contributed by atoms with Crippen molar-refractivity contribution in [2.45, 2.75) is 26.8 Å². The van der Waals surface area contributed by atoms with E-state index in [2.05, 4.69) is 5.10 Å². The number of amides is 1. The molecule has 18 heavy (non-hydrogen) atoms. The van der Waals surface area contributed by atoms with Crippen molar-refractivity contribution < 1.29 is 9.53 Å². The van der Waals surface area contributed by atoms with E-state index >= 15 is 0 Å². The van der Waals surface area contributed by atoms with Gasteiger partial charge in [-0.25, -0.2) is 0 Å². The van der Waals surface area contributed by atoms with Crippen molar-refractivity contribution in [1.82, 2.24) is 14.7 Å². The van der Waals surface area contributed by atoms with E-state index in [4.69, 9.17) is 16.3 Å². The van der Waals surface area contributed by atoms with Gasteiger partial charge < -0.3 is 9.64 Å². The summed E-state index contributed by atoms with van der Waals surface area (Å²) in [5.74, 6) is 0.155. The molecule has 0 spiro atoms. The molecule has 1 fully saturated rings. The van der Waals surface area contributed by atoms with Gasteiger partial charge in [-0.05, 0) is 13.8 Å². The number of hydrogen-bond donors (Lipinski definition) is 0. The summed E-state index contributed by atoms with van der Waals surface area (Å²) in [5.41, 5.74) is 1.73. The van der Waals surface area contributed by atoms with Crippen molar-refractivity contribution in [3.8, 4) is 0 Å². The molecule has 0 radical (unpaired) electrons. The van der Waals surface area contributed by atoms with Crippen molar-refractivity contribution in [2.24, 2.45) is 0 Å². The first-order chi connectivity index (χ1) is 8.59. The number of carbonyl (C=O) groups excluding carboxylic acids is 1. The van der Waals surface area contributed by atoms with Crippen LogP contribution in [-0.2, 0) is 16.1 Å². The second-order valence-corrected chi connectivity index (χ2v) is 4.83. The Balaban J connectivity index is 1.90. The molecule has 1 aliphatic heterocycles. The zero-order valence-corrected chi connectivity index (χ0v) is 11.5. The molecule has 1 aliphatic rings. The van der Waals surface area contributed by atoms with Crippen LogP contribution in [0.25, 0.3) is 0 Å². The molecule has 0 aromatic carbocycles. The minimum atomic E-state index is 0.155. The van der Waals surface area contributed by atoms with Gasteiger partial charge in [-0.15, -0.1) is 0 Å². The lowest BCUT2D eigenvalue weighted by molar-refractivity contribution is -0.135. The second kappa shape index (κ2) is 5.71. The van der Waals surface area contributed by atoms with Gasteiger partial charge in [-0.3, -0.25) is 9.48 Å². The number of hydrogen-bond acceptors (Lipinski definition) is 3. The number of nitrogens with zero attached hydrogens (tertiary/aromatic N) is 3. The molecule has 1 amide bonds. The predicted octanol–water partition coefficient (Wildman–Crippen LogP) is 1.40. The molecule has 1 aromatic rings. The lowest BCUT2D eigenvalue weighted by Gasteiger charge is -2.26. The quantitative estimate of drug-likeness (QED) is 0.835. The van der Waals surface area contributed by atoms with Crippen molar-refractivity contribution in [1.29, 1.82) is 0 Å². The van der Waals surface area contributed by atoms with Crippen LogP contribution in [0.5, 0.6) is 0 Å². The molecular formula is C12H18ClN3O2. The summed E-state index contributed by atoms with van der Waals surface area (Å²) in [6.45, 7) is 7.02. The normalized spacial score (nSPS) is 16.1. The minimum Gasteiger partial charge on any atom is -0.378 e. The van der Waals surface area contributed by atoms with Crippen molar-refractivity contribution in [3.63, 3.8) is 0 Å². The SMILES string of the molecule is Cc1nn(CCC(=O)N2CCOCC2)c(C)c1Cl. The van der Waals surface area contributed by atoms with Crippen LogP contribution in [0.1, 0.15) is 17.8 Å². The molecule has 1 aromatic heterocycles. The molecule has 2 heterocycles. The Kier molecular flexibility index (Phi) is 4.24. The molecule has 0 N–H and O–H groups in total. The fraction of sp³-hybridized carbons (Fsp3) is 0.667. The second-order valence-electron chi connectivity index (χ2n) is 4.45. The van der Waals surface area contributed by atoms with Crippen LogP contribution in [0.2, 0.25) is 5.02 Å². The van der Waals surface area contributed by atoms with Gasteiger partial charge in [-0.2, -0.15) is 5.10 Å². The first kappa shape index (κ1) is 13.4. The van der Waals surface area contributed by atoms with Crippen LogP contribution in [0.4, 0.5) is 0 Å². The summed E-state index contributed by atoms with van der Waals surface area (Å²) in [5, 5.41) is 5.00. The Morgan fingerprint density at radius 2 is 2.06 bits per heavy atom. The number of ether oxygens (including phenoxy) is 1. The highest BCUT2D eigenvalue weighted by Gasteiger charge is 2.17. The third-order valence-corrected chi connectivity index (χ3v) is 3.74. The lowest BCUT2D eigenvalue weighted by Crippen LogP contribution is -2.41. The Labute approximate surface area is 112 Å². The zero-order chi connectivity index (χ0) is 13.1. The average molecular weight is 272 g/mol. The standard InChI is InChI=1S/C12H18ClN3O2/c1-9-12(13)10(2)16(14-9)4-3-11(17)15-5-7-18-8-6-15/h3-8H2,1-2H3. The molecule has 0 aliphatic carbocycles. The van der Waals surface area contributed by atoms with Crippen LogP contribution in [-0.4, -0.2) is 46.9 Å². The Morgan fingerprint density at radius 3 is 2.61 bits per heavy atom. The van der Waals surface area contributed by atoms with Gasteiger partial charge in [0.1, 0.15) is 0 Å². The van der Waals surface area contributed by atoms with Crippen LogP contribution in [0.3, 0.4) is 0 Å². The fourth-order valence-electron chi connectivity index (χ4n) is 2.07. The number of morpholine rings is 1. The highest BCUT2D eigenvalue weighted by Crippen LogP contribution is 2.19. The first-order valence-corrected chi connectivity index (χ1v) is 6.52. The summed E-state index contributed by atoms with van der Waals surface area (Å²) in [4.78, 5) is 13.8. The molecule has 0 bridgehead atoms. The van der Waals surface area contributed by atoms with Crippen molar-refractivity contribution >= 4 is 17.5 Å². The molecule has 1 saturated heterocycles. The molecule has 100 valence electrons. The van der Waals surface area contributed by atoms with E-state index in [9.17, 15) is 4.79 Å². The number of halogens is 1. The van der Waals surface area contributed by atoms with Crippen molar-refractivity contribution in [3.05, 3.63) is 16.4 Å². The van der Waals surface area contributed by atoms with Crippen LogP contribution in [0, 0.1) is 13.8 Å². The van der Waals surface area contributed by atoms with E-state index < -0.39 is 0 Å². The summed E-state index contributed by atoms with van der Waals surface area (Å²) >= 11 is 6.07. The molecule has 0 atom stereocenters. The maximum atomic E-state index is 12.0. The van der Waals surface area contributed by atoms with Gasteiger partial charge >= 0.3 is 0 Å². The van der Waals surface area contributed by atoms with Gasteiger partial charge in [0.25, 0.3) is 0 Å². The van der Waals surface area contributed by atoms with E-state index in [1.54, 1.807) is 4.68 Å². The summed E-state index contributed by atoms with van der Waals surface area (Å²) in [6.07, 6.45) is 0.457. The number of aryl methyl sites for hydroxylation is 2. The van der Waals surface area contributed by atoms with Gasteiger partial charge in [0.2, 0.25) is 5.91 Å². The van der Waals surface area contributed by atoms with E-state index in [0.717, 1.165) is 11.4 Å². The summed E-state index contributed by atoms with van der Waals surface area (Å²) in [7, 11) is 0. The van der Waals surface area contributed by atoms with Crippen LogP contribution in [0.15, 0.2) is 0 Å². The van der Waals surface area contributed by atoms with Gasteiger partial charge in [0, 0.05) is 19.5 Å². The van der Waals surface area contributed by atoms with Crippen LogP contribution >= 0.6 is 11.6 Å². The summed E-state index contributed by atoms with van der Waals surface area (Å²) < 4.78 is 7.02. The van der Waals surface area contributed by atoms with E-state index in [0.29, 0.717) is 44.3 Å². The number of carbonyl (C=O) groups is 1. The van der Waals surface area contributed by atoms with Gasteiger partial charge in [0.15, 0.2) is 0 Å². The maximum absolute atomic E-state index is 12.0. The monoisotopic (exact) mass is 271 g/mol. The van der Waals surface area contributed by atoms with Crippen molar-refractivity contribution in [2.75, 3.05) is 26.3 Å². The molecule has 0 saturated carbocycles. The topological polar surface area (TPSA) is 47.4 Å². The maximum Gasteiger partial charge on any atom is 0.224 e. The average Bonchev–Trinajstić information content (AvgIpc) is 2.64. The molecule has 2 rings (SSSR count). The van der Waals surface area contributed by atoms with Gasteiger partial charge in [-0.1, -0.05) is 11.6 Å². The van der Waals surface area contributed by atoms with Crippen LogP contribution < -0.4 is 0 Å². The number of rotatable bonds is 3. The largest absolute Gasteiger partial charge is 0.378 e. The third kappa shape index (κ3) is 2.84. The minimum absolute atomic E-state index is 0.155. The molecule has 0 unspecified atom stereocenters. The van der Waals surface area contributed by atoms with E-state index in [1.165, 1.54) is 0 Å². The highest BCUT2D eigenvalue weighted by atomic mass is 35.5. The van der Waals surface area contributed by atoms with E-state index in [1.807, 2.05) is 18.7 Å². The highest BCUT2D eigenvalue weighted by molar-refractivity contribution is 6.31. The zero-order valence-electron chi connectivity index (χ0n) is 10.8. The Morgan fingerprint density at radius 1 is 1.39 bits per heavy atom. The summed E-state index contributed by atoms with van der Waals surface area (Å²) in [6, 6.07) is 0. The molecule has 5 nitrogen and oxygen atoms in total. The predicted molar refractivity (Wildman–Crippen MR) is 68.7 cm³/mol. The third-order valence-electron chi connectivity index (χ3n) is 3.19. The Hall–Kier alpha value is -1.07. The molecule has 6 heteroatoms. The van der Waals surface area contributed by atoms with Gasteiger partial charge in [0.05, 0.1) is 36.2 Å². The van der Waals surface area contributed by atoms with E-state index in [-0.39, 0.29) is 5.91 Å². The number of aromatic nitrogens is 2. The lowest BCUT2D eigenvalue weighted by atomic mass is 10.3. The smallest absolute Gasteiger partial charge is 0.224 e. The Bertz CT molecular complexity index is 439. The molecular weight excluding hydrogens is 254 g/mol. The fourth-order valence-corrected chi connectivity index (χ4v) is 2.20. The first-order valence-electron chi connectivity index (χ1n) is 6.14.